The average Bonchev–Trinajstić information content (AvgIpc) is 2.83. The molecule has 0 radical (unpaired) electrons. The number of carboxylic acid groups (broad SMARTS) is 1. The third kappa shape index (κ3) is 4.41. The summed E-state index contributed by atoms with van der Waals surface area (Å²) in [6, 6.07) is 0. The number of hydrogen-bond donors (Lipinski definition) is 2. The lowest BCUT2D eigenvalue weighted by molar-refractivity contribution is -0.268. The first kappa shape index (κ1) is 19.4. The van der Waals surface area contributed by atoms with Crippen LogP contribution in [0.3, 0.4) is 0 Å². The Kier molecular flexibility index (Phi) is 5.75. The molecular formula is C13H17F3N2O4S. The summed E-state index contributed by atoms with van der Waals surface area (Å²) in [4.78, 5) is 27.2. The number of amides is 1. The van der Waals surface area contributed by atoms with Gasteiger partial charge in [-0.3, -0.25) is 9.59 Å². The molecule has 0 aliphatic rings. The van der Waals surface area contributed by atoms with Crippen molar-refractivity contribution in [2.75, 3.05) is 13.6 Å². The molecule has 130 valence electrons. The minimum absolute atomic E-state index is 0.265. The van der Waals surface area contributed by atoms with Gasteiger partial charge in [0, 0.05) is 24.7 Å². The maximum absolute atomic E-state index is 13.3. The number of alkyl halides is 3. The molecule has 1 aromatic heterocycles. The fourth-order valence-electron chi connectivity index (χ4n) is 1.79. The smallest absolute Gasteiger partial charge is 0.424 e. The van der Waals surface area contributed by atoms with Crippen LogP contribution in [-0.4, -0.2) is 51.7 Å². The Morgan fingerprint density at radius 1 is 1.43 bits per heavy atom. The van der Waals surface area contributed by atoms with Gasteiger partial charge in [-0.25, -0.2) is 4.98 Å². The van der Waals surface area contributed by atoms with Crippen LogP contribution < -0.4 is 0 Å². The van der Waals surface area contributed by atoms with Gasteiger partial charge in [0.15, 0.2) is 0 Å². The maximum Gasteiger partial charge on any atom is 0.424 e. The number of aliphatic carboxylic acids is 1. The zero-order chi connectivity index (χ0) is 18.0. The molecule has 10 heteroatoms. The number of aliphatic hydroxyl groups is 1. The van der Waals surface area contributed by atoms with E-state index in [4.69, 9.17) is 5.11 Å². The number of aromatic nitrogens is 1. The number of rotatable bonds is 6. The van der Waals surface area contributed by atoms with E-state index >= 15 is 0 Å². The topological polar surface area (TPSA) is 90.7 Å². The number of carboxylic acids is 1. The van der Waals surface area contributed by atoms with Crippen LogP contribution in [0.4, 0.5) is 13.2 Å². The van der Waals surface area contributed by atoms with Gasteiger partial charge in [-0.05, 0) is 6.92 Å². The summed E-state index contributed by atoms with van der Waals surface area (Å²) in [5, 5.41) is 19.6. The summed E-state index contributed by atoms with van der Waals surface area (Å²) < 4.78 is 39.8. The highest BCUT2D eigenvalue weighted by Crippen LogP contribution is 2.43. The van der Waals surface area contributed by atoms with Gasteiger partial charge in [0.2, 0.25) is 11.5 Å². The van der Waals surface area contributed by atoms with Gasteiger partial charge in [-0.15, -0.1) is 11.3 Å². The number of aryl methyl sites for hydroxylation is 1. The minimum Gasteiger partial charge on any atom is -0.481 e. The van der Waals surface area contributed by atoms with Crippen LogP contribution in [0.1, 0.15) is 24.0 Å². The highest BCUT2D eigenvalue weighted by Gasteiger charge is 2.58. The molecular weight excluding hydrogens is 337 g/mol. The van der Waals surface area contributed by atoms with Crippen molar-refractivity contribution in [1.82, 2.24) is 9.88 Å². The standard InChI is InChI=1S/C13H17F3N2O4S/c1-7(10(20)21)5-18(3)9(19)4-12(22,13(14,15)16)11-17-8(2)6-23-11/h6-7,22H,4-5H2,1-3H3,(H,20,21). The Balaban J connectivity index is 2.99. The summed E-state index contributed by atoms with van der Waals surface area (Å²) in [7, 11) is 1.19. The molecule has 2 N–H and O–H groups in total. The number of nitrogens with zero attached hydrogens (tertiary/aromatic N) is 2. The second-order valence-corrected chi connectivity index (χ2v) is 6.20. The Hall–Kier alpha value is -1.68. The Labute approximate surface area is 134 Å². The summed E-state index contributed by atoms with van der Waals surface area (Å²) >= 11 is 0.610. The monoisotopic (exact) mass is 354 g/mol. The van der Waals surface area contributed by atoms with Gasteiger partial charge >= 0.3 is 12.1 Å². The van der Waals surface area contributed by atoms with Crippen molar-refractivity contribution in [3.05, 3.63) is 16.1 Å². The lowest BCUT2D eigenvalue weighted by atomic mass is 9.98. The molecule has 0 saturated carbocycles. The average molecular weight is 354 g/mol. The van der Waals surface area contributed by atoms with E-state index in [9.17, 15) is 27.9 Å². The van der Waals surface area contributed by atoms with Gasteiger partial charge < -0.3 is 15.1 Å². The van der Waals surface area contributed by atoms with Crippen LogP contribution in [-0.2, 0) is 15.2 Å². The molecule has 0 fully saturated rings. The van der Waals surface area contributed by atoms with E-state index in [0.29, 0.717) is 17.0 Å². The molecule has 0 aliphatic heterocycles. The molecule has 2 unspecified atom stereocenters. The van der Waals surface area contributed by atoms with Gasteiger partial charge in [-0.1, -0.05) is 6.92 Å². The fourth-order valence-corrected chi connectivity index (χ4v) is 2.70. The Morgan fingerprint density at radius 2 is 2.00 bits per heavy atom. The van der Waals surface area contributed by atoms with E-state index in [1.165, 1.54) is 26.3 Å². The number of thiazole rings is 1. The van der Waals surface area contributed by atoms with Crippen molar-refractivity contribution in [2.45, 2.75) is 32.0 Å². The highest BCUT2D eigenvalue weighted by molar-refractivity contribution is 7.09. The third-order valence-electron chi connectivity index (χ3n) is 3.24. The van der Waals surface area contributed by atoms with Crippen LogP contribution in [0.5, 0.6) is 0 Å². The summed E-state index contributed by atoms with van der Waals surface area (Å²) in [5.41, 5.74) is -3.10. The highest BCUT2D eigenvalue weighted by atomic mass is 32.1. The minimum atomic E-state index is -5.09. The second kappa shape index (κ2) is 6.83. The Bertz CT molecular complexity index is 590. The molecule has 2 atom stereocenters. The SMILES string of the molecule is Cc1csc(C(O)(CC(=O)N(C)CC(C)C(=O)O)C(F)(F)F)n1. The molecule has 0 aliphatic carbocycles. The zero-order valence-corrected chi connectivity index (χ0v) is 13.5. The van der Waals surface area contributed by atoms with E-state index in [-0.39, 0.29) is 6.54 Å². The van der Waals surface area contributed by atoms with Crippen molar-refractivity contribution in [3.63, 3.8) is 0 Å². The summed E-state index contributed by atoms with van der Waals surface area (Å²) in [5.74, 6) is -3.14. The number of carbonyl (C=O) groups is 2. The van der Waals surface area contributed by atoms with Crippen molar-refractivity contribution in [2.24, 2.45) is 5.92 Å². The molecule has 1 aromatic rings. The van der Waals surface area contributed by atoms with Gasteiger partial charge in [0.05, 0.1) is 12.3 Å². The number of carbonyl (C=O) groups excluding carboxylic acids is 1. The van der Waals surface area contributed by atoms with Crippen molar-refractivity contribution in [1.29, 1.82) is 0 Å². The number of hydrogen-bond acceptors (Lipinski definition) is 5. The number of halogens is 3. The molecule has 1 amide bonds. The van der Waals surface area contributed by atoms with E-state index in [0.717, 1.165) is 4.90 Å². The first-order valence-electron chi connectivity index (χ1n) is 6.57. The summed E-state index contributed by atoms with van der Waals surface area (Å²) in [6.45, 7) is 2.53. The predicted molar refractivity (Wildman–Crippen MR) is 75.9 cm³/mol. The predicted octanol–water partition coefficient (Wildman–Crippen LogP) is 1.77. The van der Waals surface area contributed by atoms with E-state index in [1.807, 2.05) is 0 Å². The van der Waals surface area contributed by atoms with Crippen LogP contribution in [0.15, 0.2) is 5.38 Å². The molecule has 1 heterocycles. The first-order chi connectivity index (χ1) is 10.4. The van der Waals surface area contributed by atoms with E-state index in [2.05, 4.69) is 4.98 Å². The molecule has 0 saturated heterocycles. The van der Waals surface area contributed by atoms with E-state index in [1.54, 1.807) is 0 Å². The van der Waals surface area contributed by atoms with Crippen LogP contribution >= 0.6 is 11.3 Å². The van der Waals surface area contributed by atoms with Crippen LogP contribution in [0, 0.1) is 12.8 Å². The summed E-state index contributed by atoms with van der Waals surface area (Å²) in [6.07, 6.45) is -6.35. The lowest BCUT2D eigenvalue weighted by Crippen LogP contribution is -2.47. The van der Waals surface area contributed by atoms with Crippen molar-refractivity contribution >= 4 is 23.2 Å². The van der Waals surface area contributed by atoms with Gasteiger partial charge in [-0.2, -0.15) is 13.2 Å². The van der Waals surface area contributed by atoms with Crippen LogP contribution in [0.25, 0.3) is 0 Å². The largest absolute Gasteiger partial charge is 0.481 e. The quantitative estimate of drug-likeness (QED) is 0.813. The van der Waals surface area contributed by atoms with Gasteiger partial charge in [0.1, 0.15) is 5.01 Å². The normalized spacial score (nSPS) is 15.8. The molecule has 23 heavy (non-hydrogen) atoms. The molecule has 6 nitrogen and oxygen atoms in total. The molecule has 0 spiro atoms. The third-order valence-corrected chi connectivity index (χ3v) is 4.36. The van der Waals surface area contributed by atoms with Gasteiger partial charge in [0.25, 0.3) is 0 Å². The van der Waals surface area contributed by atoms with E-state index < -0.39 is 41.0 Å². The Morgan fingerprint density at radius 3 is 2.39 bits per heavy atom. The molecule has 0 aromatic carbocycles. The second-order valence-electron chi connectivity index (χ2n) is 5.34. The lowest BCUT2D eigenvalue weighted by Gasteiger charge is -2.30. The first-order valence-corrected chi connectivity index (χ1v) is 7.45. The zero-order valence-electron chi connectivity index (χ0n) is 12.7. The van der Waals surface area contributed by atoms with Crippen LogP contribution in [0.2, 0.25) is 0 Å². The van der Waals surface area contributed by atoms with Crippen molar-refractivity contribution in [3.8, 4) is 0 Å². The molecule has 0 bridgehead atoms. The van der Waals surface area contributed by atoms with Crippen molar-refractivity contribution < 1.29 is 33.0 Å². The fraction of sp³-hybridized carbons (Fsp3) is 0.615. The maximum atomic E-state index is 13.3. The molecule has 1 rings (SSSR count).